The summed E-state index contributed by atoms with van der Waals surface area (Å²) in [5.74, 6) is 0.203. The molecule has 0 amide bonds. The van der Waals surface area contributed by atoms with E-state index in [-0.39, 0.29) is 11.5 Å². The minimum absolute atomic E-state index is 0.0178. The topological polar surface area (TPSA) is 37.3 Å². The van der Waals surface area contributed by atoms with Crippen LogP contribution in [0.2, 0.25) is 0 Å². The quantitative estimate of drug-likeness (QED) is 0.663. The number of hydrogen-bond donors (Lipinski definition) is 1. The molecule has 1 N–H and O–H groups in total. The van der Waals surface area contributed by atoms with Crippen molar-refractivity contribution in [3.63, 3.8) is 0 Å². The van der Waals surface area contributed by atoms with E-state index in [0.29, 0.717) is 5.56 Å². The van der Waals surface area contributed by atoms with E-state index in [1.165, 1.54) is 5.56 Å². The number of allylic oxidation sites excluding steroid dienone is 1. The summed E-state index contributed by atoms with van der Waals surface area (Å²) in [5, 5.41) is 9.17. The first-order chi connectivity index (χ1) is 9.19. The molecule has 0 aromatic heterocycles. The Hall–Kier alpha value is -2.35. The van der Waals surface area contributed by atoms with E-state index in [1.807, 2.05) is 24.3 Å². The Bertz CT molecular complexity index is 578. The van der Waals surface area contributed by atoms with Gasteiger partial charge in [-0.2, -0.15) is 0 Å². The highest BCUT2D eigenvalue weighted by molar-refractivity contribution is 6.06. The van der Waals surface area contributed by atoms with Crippen molar-refractivity contribution in [3.8, 4) is 5.75 Å². The van der Waals surface area contributed by atoms with E-state index >= 15 is 0 Å². The third-order valence-electron chi connectivity index (χ3n) is 2.97. The van der Waals surface area contributed by atoms with E-state index < -0.39 is 0 Å². The molecule has 2 rings (SSSR count). The second kappa shape index (κ2) is 6.01. The minimum atomic E-state index is -0.0178. The Morgan fingerprint density at radius 3 is 2.26 bits per heavy atom. The van der Waals surface area contributed by atoms with Gasteiger partial charge in [-0.15, -0.1) is 0 Å². The zero-order valence-corrected chi connectivity index (χ0v) is 10.8. The van der Waals surface area contributed by atoms with Crippen LogP contribution < -0.4 is 0 Å². The van der Waals surface area contributed by atoms with Crippen molar-refractivity contribution in [2.45, 2.75) is 13.3 Å². The summed E-state index contributed by atoms with van der Waals surface area (Å²) >= 11 is 0. The molecule has 0 aliphatic heterocycles. The van der Waals surface area contributed by atoms with Gasteiger partial charge in [0.2, 0.25) is 0 Å². The molecular weight excluding hydrogens is 236 g/mol. The lowest BCUT2D eigenvalue weighted by atomic mass is 10.1. The SMILES string of the molecule is CCc1ccc(C(=O)/C=C/c2ccc(O)cc2)cc1. The molecular formula is C17H16O2. The Balaban J connectivity index is 2.09. The van der Waals surface area contributed by atoms with Crippen molar-refractivity contribution >= 4 is 11.9 Å². The molecule has 2 nitrogen and oxygen atoms in total. The van der Waals surface area contributed by atoms with Gasteiger partial charge in [-0.05, 0) is 35.8 Å². The first-order valence-corrected chi connectivity index (χ1v) is 6.29. The molecule has 0 aliphatic carbocycles. The van der Waals surface area contributed by atoms with Gasteiger partial charge < -0.3 is 5.11 Å². The van der Waals surface area contributed by atoms with Crippen molar-refractivity contribution in [2.24, 2.45) is 0 Å². The number of ketones is 1. The van der Waals surface area contributed by atoms with E-state index in [0.717, 1.165) is 12.0 Å². The predicted octanol–water partition coefficient (Wildman–Crippen LogP) is 3.85. The third-order valence-corrected chi connectivity index (χ3v) is 2.97. The maximum atomic E-state index is 11.9. The van der Waals surface area contributed by atoms with Crippen LogP contribution >= 0.6 is 0 Å². The fourth-order valence-electron chi connectivity index (χ4n) is 1.76. The lowest BCUT2D eigenvalue weighted by Gasteiger charge is -1.99. The average molecular weight is 252 g/mol. The predicted molar refractivity (Wildman–Crippen MR) is 77.3 cm³/mol. The Kier molecular flexibility index (Phi) is 4.14. The maximum absolute atomic E-state index is 11.9. The van der Waals surface area contributed by atoms with Crippen molar-refractivity contribution in [2.75, 3.05) is 0 Å². The van der Waals surface area contributed by atoms with Gasteiger partial charge in [0, 0.05) is 5.56 Å². The highest BCUT2D eigenvalue weighted by Crippen LogP contribution is 2.12. The van der Waals surface area contributed by atoms with Crippen LogP contribution in [-0.4, -0.2) is 10.9 Å². The van der Waals surface area contributed by atoms with Crippen LogP contribution in [0.3, 0.4) is 0 Å². The zero-order valence-electron chi connectivity index (χ0n) is 10.8. The molecule has 2 aromatic carbocycles. The third kappa shape index (κ3) is 3.55. The Morgan fingerprint density at radius 2 is 1.68 bits per heavy atom. The number of carbonyl (C=O) groups is 1. The molecule has 0 aliphatic rings. The van der Waals surface area contributed by atoms with Gasteiger partial charge in [0.15, 0.2) is 5.78 Å². The van der Waals surface area contributed by atoms with Gasteiger partial charge in [-0.1, -0.05) is 49.4 Å². The molecule has 0 fully saturated rings. The molecule has 19 heavy (non-hydrogen) atoms. The number of aryl methyl sites for hydroxylation is 1. The molecule has 0 atom stereocenters. The number of phenolic OH excluding ortho intramolecular Hbond substituents is 1. The van der Waals surface area contributed by atoms with Crippen LogP contribution in [0.15, 0.2) is 54.6 Å². The molecule has 0 spiro atoms. The number of benzene rings is 2. The first-order valence-electron chi connectivity index (χ1n) is 6.29. The number of rotatable bonds is 4. The van der Waals surface area contributed by atoms with Crippen LogP contribution in [0.4, 0.5) is 0 Å². The Labute approximate surface area is 113 Å². The van der Waals surface area contributed by atoms with Gasteiger partial charge in [0.1, 0.15) is 5.75 Å². The normalized spacial score (nSPS) is 10.8. The van der Waals surface area contributed by atoms with E-state index in [1.54, 1.807) is 36.4 Å². The molecule has 0 bridgehead atoms. The van der Waals surface area contributed by atoms with Gasteiger partial charge >= 0.3 is 0 Å². The van der Waals surface area contributed by atoms with Gasteiger partial charge in [-0.25, -0.2) is 0 Å². The summed E-state index contributed by atoms with van der Waals surface area (Å²) in [4.78, 5) is 11.9. The average Bonchev–Trinajstić information content (AvgIpc) is 2.46. The van der Waals surface area contributed by atoms with Crippen LogP contribution in [0.5, 0.6) is 5.75 Å². The molecule has 2 heteroatoms. The Morgan fingerprint density at radius 1 is 1.05 bits per heavy atom. The number of carbonyl (C=O) groups excluding carboxylic acids is 1. The van der Waals surface area contributed by atoms with Crippen molar-refractivity contribution in [3.05, 3.63) is 71.3 Å². The molecule has 0 saturated heterocycles. The van der Waals surface area contributed by atoms with Crippen LogP contribution in [0, 0.1) is 0 Å². The van der Waals surface area contributed by atoms with E-state index in [4.69, 9.17) is 0 Å². The standard InChI is InChI=1S/C17H16O2/c1-2-13-3-8-15(9-4-13)17(19)12-7-14-5-10-16(18)11-6-14/h3-12,18H,2H2,1H3/b12-7+. The fraction of sp³-hybridized carbons (Fsp3) is 0.118. The highest BCUT2D eigenvalue weighted by Gasteiger charge is 2.01. The zero-order chi connectivity index (χ0) is 13.7. The second-order valence-electron chi connectivity index (χ2n) is 4.34. The molecule has 96 valence electrons. The van der Waals surface area contributed by atoms with E-state index in [9.17, 15) is 9.90 Å². The maximum Gasteiger partial charge on any atom is 0.185 e. The minimum Gasteiger partial charge on any atom is -0.508 e. The van der Waals surface area contributed by atoms with Crippen LogP contribution in [0.1, 0.15) is 28.4 Å². The monoisotopic (exact) mass is 252 g/mol. The van der Waals surface area contributed by atoms with Crippen molar-refractivity contribution in [1.29, 1.82) is 0 Å². The summed E-state index contributed by atoms with van der Waals surface area (Å²) in [5.41, 5.74) is 2.79. The molecule has 0 heterocycles. The molecule has 0 unspecified atom stereocenters. The lowest BCUT2D eigenvalue weighted by molar-refractivity contribution is 0.104. The van der Waals surface area contributed by atoms with Gasteiger partial charge in [0.05, 0.1) is 0 Å². The van der Waals surface area contributed by atoms with Crippen LogP contribution in [-0.2, 0) is 6.42 Å². The van der Waals surface area contributed by atoms with Gasteiger partial charge in [-0.3, -0.25) is 4.79 Å². The summed E-state index contributed by atoms with van der Waals surface area (Å²) in [6.07, 6.45) is 4.26. The summed E-state index contributed by atoms with van der Waals surface area (Å²) < 4.78 is 0. The smallest absolute Gasteiger partial charge is 0.185 e. The van der Waals surface area contributed by atoms with Crippen LogP contribution in [0.25, 0.3) is 6.08 Å². The summed E-state index contributed by atoms with van der Waals surface area (Å²) in [6, 6.07) is 14.4. The van der Waals surface area contributed by atoms with E-state index in [2.05, 4.69) is 6.92 Å². The summed E-state index contributed by atoms with van der Waals surface area (Å²) in [7, 11) is 0. The number of aromatic hydroxyl groups is 1. The van der Waals surface area contributed by atoms with Crippen molar-refractivity contribution < 1.29 is 9.90 Å². The molecule has 0 saturated carbocycles. The molecule has 0 radical (unpaired) electrons. The number of hydrogen-bond acceptors (Lipinski definition) is 2. The second-order valence-corrected chi connectivity index (χ2v) is 4.34. The highest BCUT2D eigenvalue weighted by atomic mass is 16.3. The fourth-order valence-corrected chi connectivity index (χ4v) is 1.76. The summed E-state index contributed by atoms with van der Waals surface area (Å²) in [6.45, 7) is 2.08. The lowest BCUT2D eigenvalue weighted by Crippen LogP contribution is -1.94. The number of phenols is 1. The largest absolute Gasteiger partial charge is 0.508 e. The van der Waals surface area contributed by atoms with Crippen molar-refractivity contribution in [1.82, 2.24) is 0 Å². The van der Waals surface area contributed by atoms with Gasteiger partial charge in [0.25, 0.3) is 0 Å². The first kappa shape index (κ1) is 13.1. The molecule has 2 aromatic rings.